The molecule has 0 amide bonds. The fourth-order valence-corrected chi connectivity index (χ4v) is 1.89. The van der Waals surface area contributed by atoms with Crippen LogP contribution in [-0.4, -0.2) is 24.0 Å². The molecule has 0 spiro atoms. The van der Waals surface area contributed by atoms with Gasteiger partial charge in [-0.25, -0.2) is 0 Å². The lowest BCUT2D eigenvalue weighted by atomic mass is 10.1. The van der Waals surface area contributed by atoms with E-state index in [4.69, 9.17) is 16.3 Å². The molecule has 3 nitrogen and oxygen atoms in total. The van der Waals surface area contributed by atoms with Crippen LogP contribution in [0.25, 0.3) is 0 Å². The Morgan fingerprint density at radius 3 is 2.68 bits per heavy atom. The Morgan fingerprint density at radius 2 is 1.95 bits per heavy atom. The molecule has 98 valence electrons. The van der Waals surface area contributed by atoms with Crippen molar-refractivity contribution in [2.24, 2.45) is 0 Å². The Hall–Kier alpha value is -1.71. The zero-order valence-corrected chi connectivity index (χ0v) is 11.1. The van der Waals surface area contributed by atoms with Crippen molar-refractivity contribution in [1.29, 1.82) is 0 Å². The third-order valence-corrected chi connectivity index (χ3v) is 2.97. The number of Topliss-reactive ketones (excluding diaryl/α,β-unsaturated/α-hetero) is 1. The van der Waals surface area contributed by atoms with Gasteiger partial charge in [-0.05, 0) is 24.3 Å². The maximum Gasteiger partial charge on any atom is 0.189 e. The Kier molecular flexibility index (Phi) is 5.07. The number of hydrogen-bond donors (Lipinski definition) is 0. The van der Waals surface area contributed by atoms with E-state index >= 15 is 0 Å². The summed E-state index contributed by atoms with van der Waals surface area (Å²) >= 11 is 5.94. The highest BCUT2D eigenvalue weighted by molar-refractivity contribution is 6.34. The van der Waals surface area contributed by atoms with E-state index in [1.807, 2.05) is 18.2 Å². The molecule has 1 aromatic carbocycles. The number of carbonyl (C=O) groups excluding carboxylic acids is 1. The maximum atomic E-state index is 11.9. The molecule has 0 bridgehead atoms. The fraction of sp³-hybridized carbons (Fsp3) is 0.200. The Labute approximate surface area is 117 Å². The second-order valence-electron chi connectivity index (χ2n) is 4.03. The molecule has 0 saturated heterocycles. The number of benzene rings is 1. The SMILES string of the molecule is O=C(COCCc1ccccn1)c1ccccc1Cl. The normalized spacial score (nSPS) is 10.4. The van der Waals surface area contributed by atoms with Crippen molar-refractivity contribution in [3.8, 4) is 0 Å². The molecule has 0 atom stereocenters. The topological polar surface area (TPSA) is 39.2 Å². The molecule has 2 rings (SSSR count). The molecule has 19 heavy (non-hydrogen) atoms. The van der Waals surface area contributed by atoms with E-state index < -0.39 is 0 Å². The van der Waals surface area contributed by atoms with Crippen LogP contribution in [0.4, 0.5) is 0 Å². The number of aromatic nitrogens is 1. The zero-order valence-electron chi connectivity index (χ0n) is 10.4. The first kappa shape index (κ1) is 13.7. The van der Waals surface area contributed by atoms with Crippen molar-refractivity contribution in [2.75, 3.05) is 13.2 Å². The average molecular weight is 276 g/mol. The minimum Gasteiger partial charge on any atom is -0.373 e. The predicted octanol–water partition coefficient (Wildman–Crippen LogP) is 3.18. The fourth-order valence-electron chi connectivity index (χ4n) is 1.65. The molecular weight excluding hydrogens is 262 g/mol. The summed E-state index contributed by atoms with van der Waals surface area (Å²) in [5, 5.41) is 0.459. The number of ketones is 1. The summed E-state index contributed by atoms with van der Waals surface area (Å²) in [5.41, 5.74) is 1.45. The lowest BCUT2D eigenvalue weighted by Crippen LogP contribution is -2.11. The van der Waals surface area contributed by atoms with Crippen LogP contribution in [0.3, 0.4) is 0 Å². The molecule has 0 N–H and O–H groups in total. The molecule has 0 aliphatic heterocycles. The van der Waals surface area contributed by atoms with Gasteiger partial charge in [-0.1, -0.05) is 29.8 Å². The van der Waals surface area contributed by atoms with Gasteiger partial charge >= 0.3 is 0 Å². The summed E-state index contributed by atoms with van der Waals surface area (Å²) in [6, 6.07) is 12.7. The highest BCUT2D eigenvalue weighted by atomic mass is 35.5. The van der Waals surface area contributed by atoms with E-state index in [9.17, 15) is 4.79 Å². The molecule has 1 aromatic heterocycles. The number of ether oxygens (including phenoxy) is 1. The third kappa shape index (κ3) is 4.16. The Morgan fingerprint density at radius 1 is 1.16 bits per heavy atom. The summed E-state index contributed by atoms with van der Waals surface area (Å²) in [4.78, 5) is 16.0. The molecule has 0 radical (unpaired) electrons. The van der Waals surface area contributed by atoms with Crippen molar-refractivity contribution >= 4 is 17.4 Å². The lowest BCUT2D eigenvalue weighted by Gasteiger charge is -2.05. The number of nitrogens with zero attached hydrogens (tertiary/aromatic N) is 1. The molecule has 2 aromatic rings. The summed E-state index contributed by atoms with van der Waals surface area (Å²) < 4.78 is 5.36. The van der Waals surface area contributed by atoms with Crippen LogP contribution in [0, 0.1) is 0 Å². The minimum absolute atomic E-state index is 0.0383. The second kappa shape index (κ2) is 7.02. The van der Waals surface area contributed by atoms with E-state index in [1.54, 1.807) is 30.5 Å². The van der Waals surface area contributed by atoms with Gasteiger partial charge in [0.25, 0.3) is 0 Å². The zero-order chi connectivity index (χ0) is 13.5. The second-order valence-corrected chi connectivity index (χ2v) is 4.43. The van der Waals surface area contributed by atoms with Gasteiger partial charge in [0.1, 0.15) is 6.61 Å². The van der Waals surface area contributed by atoms with E-state index in [0.29, 0.717) is 23.6 Å². The molecule has 0 unspecified atom stereocenters. The van der Waals surface area contributed by atoms with Gasteiger partial charge in [0, 0.05) is 23.9 Å². The first-order chi connectivity index (χ1) is 9.27. The van der Waals surface area contributed by atoms with Gasteiger partial charge in [0.2, 0.25) is 0 Å². The minimum atomic E-state index is -0.105. The molecule has 0 aliphatic rings. The first-order valence-corrected chi connectivity index (χ1v) is 6.40. The summed E-state index contributed by atoms with van der Waals surface area (Å²) in [6.45, 7) is 0.504. The standard InChI is InChI=1S/C15H14ClNO2/c16-14-7-2-1-6-13(14)15(18)11-19-10-8-12-5-3-4-9-17-12/h1-7,9H,8,10-11H2. The third-order valence-electron chi connectivity index (χ3n) is 2.64. The van der Waals surface area contributed by atoms with Gasteiger partial charge < -0.3 is 4.74 Å². The van der Waals surface area contributed by atoms with Crippen molar-refractivity contribution in [1.82, 2.24) is 4.98 Å². The molecular formula is C15H14ClNO2. The molecule has 1 heterocycles. The van der Waals surface area contributed by atoms with Gasteiger partial charge in [-0.15, -0.1) is 0 Å². The average Bonchev–Trinajstić information content (AvgIpc) is 2.45. The van der Waals surface area contributed by atoms with E-state index in [-0.39, 0.29) is 12.4 Å². The predicted molar refractivity (Wildman–Crippen MR) is 74.5 cm³/mol. The molecule has 0 fully saturated rings. The van der Waals surface area contributed by atoms with E-state index in [2.05, 4.69) is 4.98 Å². The van der Waals surface area contributed by atoms with E-state index in [0.717, 1.165) is 5.69 Å². The van der Waals surface area contributed by atoms with Gasteiger partial charge in [0.05, 0.1) is 11.6 Å². The lowest BCUT2D eigenvalue weighted by molar-refractivity contribution is 0.0764. The number of hydrogen-bond acceptors (Lipinski definition) is 3. The molecule has 0 aliphatic carbocycles. The van der Waals surface area contributed by atoms with Crippen molar-refractivity contribution < 1.29 is 9.53 Å². The largest absolute Gasteiger partial charge is 0.373 e. The first-order valence-electron chi connectivity index (χ1n) is 6.03. The number of halogens is 1. The summed E-state index contributed by atoms with van der Waals surface area (Å²) in [5.74, 6) is -0.105. The Bertz CT molecular complexity index is 543. The quantitative estimate of drug-likeness (QED) is 0.600. The molecule has 0 saturated carbocycles. The van der Waals surface area contributed by atoms with Crippen LogP contribution >= 0.6 is 11.6 Å². The Balaban J connectivity index is 1.77. The summed E-state index contributed by atoms with van der Waals surface area (Å²) in [6.07, 6.45) is 2.43. The van der Waals surface area contributed by atoms with E-state index in [1.165, 1.54) is 0 Å². The smallest absolute Gasteiger partial charge is 0.189 e. The van der Waals surface area contributed by atoms with Crippen LogP contribution in [0.2, 0.25) is 5.02 Å². The van der Waals surface area contributed by atoms with Crippen LogP contribution < -0.4 is 0 Å². The van der Waals surface area contributed by atoms with Gasteiger partial charge in [-0.2, -0.15) is 0 Å². The number of carbonyl (C=O) groups is 1. The highest BCUT2D eigenvalue weighted by Crippen LogP contribution is 2.15. The van der Waals surface area contributed by atoms with Gasteiger partial charge in [0.15, 0.2) is 5.78 Å². The van der Waals surface area contributed by atoms with Crippen molar-refractivity contribution in [2.45, 2.75) is 6.42 Å². The number of pyridine rings is 1. The van der Waals surface area contributed by atoms with Crippen molar-refractivity contribution in [3.05, 3.63) is 64.9 Å². The summed E-state index contributed by atoms with van der Waals surface area (Å²) in [7, 11) is 0. The highest BCUT2D eigenvalue weighted by Gasteiger charge is 2.09. The molecule has 4 heteroatoms. The number of rotatable bonds is 6. The van der Waals surface area contributed by atoms with Crippen LogP contribution in [0.5, 0.6) is 0 Å². The van der Waals surface area contributed by atoms with Crippen LogP contribution in [0.15, 0.2) is 48.7 Å². The van der Waals surface area contributed by atoms with Crippen LogP contribution in [0.1, 0.15) is 16.1 Å². The monoisotopic (exact) mass is 275 g/mol. The maximum absolute atomic E-state index is 11.9. The van der Waals surface area contributed by atoms with Crippen LogP contribution in [-0.2, 0) is 11.2 Å². The van der Waals surface area contributed by atoms with Gasteiger partial charge in [-0.3, -0.25) is 9.78 Å². The van der Waals surface area contributed by atoms with Crippen molar-refractivity contribution in [3.63, 3.8) is 0 Å².